The van der Waals surface area contributed by atoms with E-state index in [9.17, 15) is 0 Å². The second-order valence-corrected chi connectivity index (χ2v) is 3.93. The third-order valence-electron chi connectivity index (χ3n) is 3.01. The predicted molar refractivity (Wildman–Crippen MR) is 61.3 cm³/mol. The van der Waals surface area contributed by atoms with Crippen molar-refractivity contribution < 1.29 is 0 Å². The first-order valence-corrected chi connectivity index (χ1v) is 5.17. The maximum absolute atomic E-state index is 5.95. The van der Waals surface area contributed by atoms with Crippen LogP contribution in [0.2, 0.25) is 0 Å². The summed E-state index contributed by atoms with van der Waals surface area (Å²) in [5.41, 5.74) is 16.2. The summed E-state index contributed by atoms with van der Waals surface area (Å²) in [6, 6.07) is 0. The number of hydrogen-bond acceptors (Lipinski definition) is 2. The number of nitrogens with two attached hydrogens (primary N) is 2. The fraction of sp³-hybridized carbons (Fsp3) is 0.500. The van der Waals surface area contributed by atoms with Crippen LogP contribution in [0.4, 0.5) is 0 Å². The van der Waals surface area contributed by atoms with Crippen molar-refractivity contribution in [1.29, 1.82) is 0 Å². The summed E-state index contributed by atoms with van der Waals surface area (Å²) in [5, 5.41) is 0. The van der Waals surface area contributed by atoms with Crippen LogP contribution in [-0.4, -0.2) is 0 Å². The molecule has 14 heavy (non-hydrogen) atoms. The number of allylic oxidation sites excluding steroid dienone is 4. The molecule has 2 heteroatoms. The molecule has 0 aromatic carbocycles. The predicted octanol–water partition coefficient (Wildman–Crippen LogP) is 2.44. The Morgan fingerprint density at radius 3 is 2.64 bits per heavy atom. The van der Waals surface area contributed by atoms with E-state index in [4.69, 9.17) is 11.5 Å². The lowest BCUT2D eigenvalue weighted by Gasteiger charge is -2.17. The van der Waals surface area contributed by atoms with Gasteiger partial charge in [-0.25, -0.2) is 0 Å². The quantitative estimate of drug-likeness (QED) is 0.627. The average Bonchev–Trinajstić information content (AvgIpc) is 2.15. The molecule has 0 aromatic heterocycles. The van der Waals surface area contributed by atoms with E-state index in [1.54, 1.807) is 0 Å². The van der Waals surface area contributed by atoms with Gasteiger partial charge in [0.05, 0.1) is 0 Å². The maximum Gasteiger partial charge on any atom is 0.0326 e. The van der Waals surface area contributed by atoms with Crippen LogP contribution in [0.15, 0.2) is 34.7 Å². The minimum absolute atomic E-state index is 0.312. The highest BCUT2D eigenvalue weighted by atomic mass is 14.6. The molecule has 2 nitrogen and oxygen atoms in total. The van der Waals surface area contributed by atoms with Crippen molar-refractivity contribution in [3.63, 3.8) is 0 Å². The molecule has 1 rings (SSSR count). The molecule has 4 N–H and O–H groups in total. The summed E-state index contributed by atoms with van der Waals surface area (Å²) in [6.07, 6.45) is 6.10. The summed E-state index contributed by atoms with van der Waals surface area (Å²) in [6.45, 7) is 6.36. The van der Waals surface area contributed by atoms with E-state index in [-0.39, 0.29) is 0 Å². The Morgan fingerprint density at radius 2 is 2.07 bits per heavy atom. The third kappa shape index (κ3) is 2.19. The van der Waals surface area contributed by atoms with Gasteiger partial charge < -0.3 is 11.5 Å². The Kier molecular flexibility index (Phi) is 3.39. The molecule has 0 saturated carbocycles. The average molecular weight is 192 g/mol. The zero-order valence-electron chi connectivity index (χ0n) is 9.30. The van der Waals surface area contributed by atoms with Gasteiger partial charge in [-0.2, -0.15) is 0 Å². The molecule has 0 bridgehead atoms. The Morgan fingerprint density at radius 1 is 1.43 bits per heavy atom. The lowest BCUT2D eigenvalue weighted by molar-refractivity contribution is 0.771. The van der Waals surface area contributed by atoms with Gasteiger partial charge in [0.25, 0.3) is 0 Å². The molecule has 0 heterocycles. The molecule has 1 aliphatic rings. The molecule has 0 aromatic rings. The summed E-state index contributed by atoms with van der Waals surface area (Å²) in [4.78, 5) is 0. The van der Waals surface area contributed by atoms with Crippen molar-refractivity contribution in [1.82, 2.24) is 0 Å². The van der Waals surface area contributed by atoms with Crippen LogP contribution in [0.1, 0.15) is 33.6 Å². The Labute approximate surface area is 86.4 Å². The lowest BCUT2D eigenvalue weighted by Crippen LogP contribution is -2.14. The van der Waals surface area contributed by atoms with Crippen molar-refractivity contribution >= 4 is 0 Å². The largest absolute Gasteiger partial charge is 0.401 e. The van der Waals surface area contributed by atoms with Gasteiger partial charge in [0.2, 0.25) is 0 Å². The highest BCUT2D eigenvalue weighted by Gasteiger charge is 2.11. The zero-order chi connectivity index (χ0) is 10.7. The summed E-state index contributed by atoms with van der Waals surface area (Å²) in [5.74, 6) is 0.312. The molecule has 0 radical (unpaired) electrons. The highest BCUT2D eigenvalue weighted by Crippen LogP contribution is 2.23. The molecule has 0 amide bonds. The molecule has 1 atom stereocenters. The van der Waals surface area contributed by atoms with Crippen molar-refractivity contribution in [2.45, 2.75) is 33.6 Å². The first kappa shape index (κ1) is 10.9. The van der Waals surface area contributed by atoms with Crippen LogP contribution in [0.3, 0.4) is 0 Å². The van der Waals surface area contributed by atoms with Gasteiger partial charge in [-0.15, -0.1) is 0 Å². The molecular formula is C12H20N2. The minimum Gasteiger partial charge on any atom is -0.401 e. The van der Waals surface area contributed by atoms with E-state index >= 15 is 0 Å². The van der Waals surface area contributed by atoms with Crippen LogP contribution < -0.4 is 11.5 Å². The van der Waals surface area contributed by atoms with Gasteiger partial charge >= 0.3 is 0 Å². The second-order valence-electron chi connectivity index (χ2n) is 3.93. The van der Waals surface area contributed by atoms with E-state index in [1.807, 2.05) is 6.08 Å². The Bertz CT molecular complexity index is 308. The van der Waals surface area contributed by atoms with Crippen molar-refractivity contribution in [3.05, 3.63) is 34.7 Å². The van der Waals surface area contributed by atoms with Crippen LogP contribution in [-0.2, 0) is 0 Å². The first-order chi connectivity index (χ1) is 6.56. The normalized spacial score (nSPS) is 36.4. The van der Waals surface area contributed by atoms with Crippen molar-refractivity contribution in [2.24, 2.45) is 17.4 Å². The fourth-order valence-corrected chi connectivity index (χ4v) is 1.60. The summed E-state index contributed by atoms with van der Waals surface area (Å²) >= 11 is 0. The van der Waals surface area contributed by atoms with Gasteiger partial charge in [0, 0.05) is 17.3 Å². The Hall–Kier alpha value is -1.18. The molecule has 0 fully saturated rings. The highest BCUT2D eigenvalue weighted by molar-refractivity contribution is 5.33. The van der Waals surface area contributed by atoms with Gasteiger partial charge in [0.15, 0.2) is 0 Å². The van der Waals surface area contributed by atoms with Crippen LogP contribution in [0.5, 0.6) is 0 Å². The lowest BCUT2D eigenvalue weighted by atomic mass is 9.92. The van der Waals surface area contributed by atoms with Crippen LogP contribution in [0.25, 0.3) is 0 Å². The maximum atomic E-state index is 5.95. The molecule has 0 saturated heterocycles. The fourth-order valence-electron chi connectivity index (χ4n) is 1.60. The van der Waals surface area contributed by atoms with E-state index in [1.165, 1.54) is 11.1 Å². The third-order valence-corrected chi connectivity index (χ3v) is 3.01. The van der Waals surface area contributed by atoms with Gasteiger partial charge in [-0.1, -0.05) is 25.5 Å². The van der Waals surface area contributed by atoms with E-state index in [0.717, 1.165) is 24.2 Å². The molecular weight excluding hydrogens is 172 g/mol. The molecule has 1 unspecified atom stereocenters. The van der Waals surface area contributed by atoms with Gasteiger partial charge in [-0.05, 0) is 31.4 Å². The van der Waals surface area contributed by atoms with Gasteiger partial charge in [-0.3, -0.25) is 0 Å². The van der Waals surface area contributed by atoms with Crippen molar-refractivity contribution in [2.75, 3.05) is 0 Å². The van der Waals surface area contributed by atoms with E-state index in [2.05, 4.69) is 26.8 Å². The van der Waals surface area contributed by atoms with Gasteiger partial charge in [0.1, 0.15) is 0 Å². The monoisotopic (exact) mass is 192 g/mol. The molecule has 78 valence electrons. The smallest absolute Gasteiger partial charge is 0.0326 e. The number of rotatable bonds is 1. The molecule has 1 aliphatic carbocycles. The standard InChI is InChI=1S/C12H20N2/c1-4-10-6-5-8(2)9(3)11(13)7-12(10)14/h5,7,9H,4,6,13-14H2,1-3H3/b8-5-,11-7+,12-10+. The first-order valence-electron chi connectivity index (χ1n) is 5.17. The van der Waals surface area contributed by atoms with Crippen molar-refractivity contribution in [3.8, 4) is 0 Å². The molecule has 0 aliphatic heterocycles. The summed E-state index contributed by atoms with van der Waals surface area (Å²) < 4.78 is 0. The van der Waals surface area contributed by atoms with E-state index in [0.29, 0.717) is 5.92 Å². The topological polar surface area (TPSA) is 52.0 Å². The SMILES string of the molecule is CC/C1=C(N)/C=C(/N)C(C)/C(C)=C\C1. The zero-order valence-corrected chi connectivity index (χ0v) is 9.30. The van der Waals surface area contributed by atoms with Crippen LogP contribution in [0, 0.1) is 5.92 Å². The Balaban J connectivity index is 3.11. The minimum atomic E-state index is 0.312. The second kappa shape index (κ2) is 4.36. The van der Waals surface area contributed by atoms with E-state index < -0.39 is 0 Å². The number of hydrogen-bond donors (Lipinski definition) is 2. The van der Waals surface area contributed by atoms with Crippen LogP contribution >= 0.6 is 0 Å². The molecule has 0 spiro atoms. The summed E-state index contributed by atoms with van der Waals surface area (Å²) in [7, 11) is 0.